The third-order valence-electron chi connectivity index (χ3n) is 13.5. The summed E-state index contributed by atoms with van der Waals surface area (Å²) in [5.41, 5.74) is 12.6. The molecule has 388 valence electrons. The van der Waals surface area contributed by atoms with Crippen molar-refractivity contribution >= 4 is 50.9 Å². The number of nitrogen functional groups attached to an aromatic ring is 1. The van der Waals surface area contributed by atoms with Gasteiger partial charge in [0.05, 0.1) is 35.2 Å². The smallest absolute Gasteiger partial charge is 0.263 e. The van der Waals surface area contributed by atoms with Gasteiger partial charge in [-0.2, -0.15) is 15.2 Å². The van der Waals surface area contributed by atoms with Gasteiger partial charge in [-0.25, -0.2) is 15.0 Å². The standard InChI is InChI=1S/C30H29N7O2.C28H28N8O2/c1-19(33-28-25(17-31-20(2)34-28)29(38)36-13-8-14-36)26-15-21-9-7-12-24(22-16-32-35(3)18-22)27(21)30(39)37(26)23-10-5-4-6-11-23;1-17(32-25-22(26(37)34(2)3)15-30-28(29)33-25)23-13-18-9-8-12-21(19-14-31-35(4)16-19)24(18)27(38)36(23)20-10-6-5-7-11-20/h4-7,9-12,15-19H,8,13-14H2,1-3H3,(H,31,33,34);5-17H,1-4H3,(H3,29,30,32,33)/t19-;17-/m00/s1. The predicted octanol–water partition coefficient (Wildman–Crippen LogP) is 8.15. The number of fused-ring (bicyclic) bond motifs is 2. The van der Waals surface area contributed by atoms with Gasteiger partial charge < -0.3 is 26.2 Å². The fourth-order valence-corrected chi connectivity index (χ4v) is 9.58. The molecule has 1 aliphatic heterocycles. The monoisotopic (exact) mass is 1030 g/mol. The largest absolute Gasteiger partial charge is 0.368 e. The maximum Gasteiger partial charge on any atom is 0.263 e. The molecule has 2 atom stereocenters. The van der Waals surface area contributed by atoms with Gasteiger partial charge in [0.25, 0.3) is 22.9 Å². The molecule has 0 radical (unpaired) electrons. The molecule has 4 aromatic carbocycles. The molecule has 0 aliphatic carbocycles. The van der Waals surface area contributed by atoms with E-state index in [1.165, 1.54) is 11.1 Å². The first-order valence-electron chi connectivity index (χ1n) is 25.1. The number of likely N-dealkylation sites (tertiary alicyclic amines) is 1. The van der Waals surface area contributed by atoms with Crippen LogP contribution in [0.1, 0.15) is 70.3 Å². The number of carbonyl (C=O) groups is 2. The zero-order chi connectivity index (χ0) is 54.1. The summed E-state index contributed by atoms with van der Waals surface area (Å²) in [6.07, 6.45) is 11.3. The number of pyridine rings is 2. The van der Waals surface area contributed by atoms with Gasteiger partial charge in [-0.15, -0.1) is 0 Å². The van der Waals surface area contributed by atoms with Crippen molar-refractivity contribution in [1.82, 2.24) is 58.4 Å². The van der Waals surface area contributed by atoms with Gasteiger partial charge in [0.2, 0.25) is 5.95 Å². The van der Waals surface area contributed by atoms with Crippen LogP contribution in [0.4, 0.5) is 17.6 Å². The first-order valence-corrected chi connectivity index (χ1v) is 25.1. The van der Waals surface area contributed by atoms with Crippen LogP contribution in [0.3, 0.4) is 0 Å². The van der Waals surface area contributed by atoms with Gasteiger partial charge in [0.1, 0.15) is 28.6 Å². The zero-order valence-corrected chi connectivity index (χ0v) is 43.7. The molecule has 2 amide bonds. The van der Waals surface area contributed by atoms with E-state index in [1.807, 2.05) is 150 Å². The topological polar surface area (TPSA) is 222 Å². The van der Waals surface area contributed by atoms with Crippen molar-refractivity contribution in [2.75, 3.05) is 43.6 Å². The quantitative estimate of drug-likeness (QED) is 0.105. The lowest BCUT2D eigenvalue weighted by molar-refractivity contribution is 0.0651. The van der Waals surface area contributed by atoms with Crippen LogP contribution in [0.2, 0.25) is 0 Å². The Kier molecular flexibility index (Phi) is 14.0. The third kappa shape index (κ3) is 10.1. The van der Waals surface area contributed by atoms with Crippen molar-refractivity contribution in [1.29, 1.82) is 0 Å². The van der Waals surface area contributed by atoms with E-state index in [-0.39, 0.29) is 40.5 Å². The minimum atomic E-state index is -0.433. The van der Waals surface area contributed by atoms with Gasteiger partial charge in [-0.1, -0.05) is 72.8 Å². The van der Waals surface area contributed by atoms with Crippen molar-refractivity contribution in [2.24, 2.45) is 14.1 Å². The van der Waals surface area contributed by atoms with Crippen molar-refractivity contribution in [2.45, 2.75) is 39.3 Å². The molecular formula is C58H57N15O4. The number of nitrogens with two attached hydrogens (primary N) is 1. The Balaban J connectivity index is 0.000000175. The Morgan fingerprint density at radius 1 is 0.623 bits per heavy atom. The maximum absolute atomic E-state index is 14.3. The summed E-state index contributed by atoms with van der Waals surface area (Å²) in [5, 5.41) is 18.2. The van der Waals surface area contributed by atoms with Crippen molar-refractivity contribution in [3.8, 4) is 33.6 Å². The minimum Gasteiger partial charge on any atom is -0.368 e. The van der Waals surface area contributed by atoms with Gasteiger partial charge >= 0.3 is 0 Å². The molecule has 4 N–H and O–H groups in total. The molecule has 19 heteroatoms. The molecule has 6 aromatic heterocycles. The SMILES string of the molecule is C[C@H](Nc1nc(N)ncc1C(=O)N(C)C)c1cc2cccc(-c3cnn(C)c3)c2c(=O)n1-c1ccccc1.Cc1ncc(C(=O)N2CCC2)c(N[C@@H](C)c2cc3cccc(-c4cnn(C)c4)c3c(=O)n2-c2ccccc2)n1. The van der Waals surface area contributed by atoms with Crippen LogP contribution >= 0.6 is 0 Å². The average molecular weight is 1030 g/mol. The van der Waals surface area contributed by atoms with E-state index >= 15 is 0 Å². The van der Waals surface area contributed by atoms with Gasteiger partial charge in [-0.3, -0.25) is 37.7 Å². The lowest BCUT2D eigenvalue weighted by Crippen LogP contribution is -2.42. The highest BCUT2D eigenvalue weighted by Crippen LogP contribution is 2.33. The molecule has 1 fully saturated rings. The number of nitrogens with one attached hydrogen (secondary N) is 2. The van der Waals surface area contributed by atoms with Crippen molar-refractivity contribution in [3.05, 3.63) is 195 Å². The van der Waals surface area contributed by atoms with E-state index in [4.69, 9.17) is 5.73 Å². The first-order chi connectivity index (χ1) is 37.1. The minimum absolute atomic E-state index is 0.0371. The Morgan fingerprint density at radius 2 is 1.10 bits per heavy atom. The molecule has 1 aliphatic rings. The van der Waals surface area contributed by atoms with Crippen molar-refractivity contribution < 1.29 is 9.59 Å². The fourth-order valence-electron chi connectivity index (χ4n) is 9.58. The number of aromatic nitrogens is 10. The van der Waals surface area contributed by atoms with Crippen LogP contribution in [-0.2, 0) is 14.1 Å². The van der Waals surface area contributed by atoms with Gasteiger partial charge in [-0.05, 0) is 85.5 Å². The van der Waals surface area contributed by atoms with Gasteiger partial charge in [0.15, 0.2) is 0 Å². The predicted molar refractivity (Wildman–Crippen MR) is 299 cm³/mol. The van der Waals surface area contributed by atoms with Crippen LogP contribution in [-0.4, -0.2) is 97.4 Å². The molecule has 11 rings (SSSR count). The lowest BCUT2D eigenvalue weighted by Gasteiger charge is -2.31. The molecule has 10 aromatic rings. The molecule has 0 unspecified atom stereocenters. The van der Waals surface area contributed by atoms with E-state index in [9.17, 15) is 19.2 Å². The Morgan fingerprint density at radius 3 is 1.55 bits per heavy atom. The van der Waals surface area contributed by atoms with E-state index in [0.717, 1.165) is 69.6 Å². The summed E-state index contributed by atoms with van der Waals surface area (Å²) in [5.74, 6) is 0.999. The number of amides is 2. The second-order valence-corrected chi connectivity index (χ2v) is 19.2. The van der Waals surface area contributed by atoms with E-state index in [0.29, 0.717) is 39.5 Å². The molecule has 77 heavy (non-hydrogen) atoms. The number of para-hydroxylation sites is 2. The summed E-state index contributed by atoms with van der Waals surface area (Å²) in [6, 6.07) is 33.9. The average Bonchev–Trinajstić information content (AvgIpc) is 4.10. The summed E-state index contributed by atoms with van der Waals surface area (Å²) in [4.78, 5) is 74.8. The Labute approximate surface area is 443 Å². The number of anilines is 3. The Hall–Kier alpha value is -9.78. The second kappa shape index (κ2) is 21.2. The molecule has 19 nitrogen and oxygen atoms in total. The molecule has 1 saturated heterocycles. The normalized spacial score (nSPS) is 12.8. The van der Waals surface area contributed by atoms with Gasteiger partial charge in [0, 0.05) is 100.0 Å². The van der Waals surface area contributed by atoms with E-state index in [1.54, 1.807) is 63.0 Å². The number of aryl methyl sites for hydroxylation is 3. The molecular weight excluding hydrogens is 971 g/mol. The third-order valence-corrected chi connectivity index (χ3v) is 13.5. The first kappa shape index (κ1) is 50.7. The highest BCUT2D eigenvalue weighted by atomic mass is 16.2. The number of hydrogen-bond acceptors (Lipinski definition) is 13. The number of hydrogen-bond donors (Lipinski definition) is 3. The highest BCUT2D eigenvalue weighted by Gasteiger charge is 2.28. The summed E-state index contributed by atoms with van der Waals surface area (Å²) >= 11 is 0. The molecule has 0 saturated carbocycles. The van der Waals surface area contributed by atoms with Crippen molar-refractivity contribution in [3.63, 3.8) is 0 Å². The summed E-state index contributed by atoms with van der Waals surface area (Å²) < 4.78 is 6.87. The number of benzene rings is 4. The van der Waals surface area contributed by atoms with Crippen LogP contribution in [0.5, 0.6) is 0 Å². The highest BCUT2D eigenvalue weighted by molar-refractivity contribution is 6.00. The van der Waals surface area contributed by atoms with Crippen LogP contribution in [0.15, 0.2) is 156 Å². The number of rotatable bonds is 12. The van der Waals surface area contributed by atoms with Crippen LogP contribution < -0.4 is 27.5 Å². The lowest BCUT2D eigenvalue weighted by atomic mass is 9.99. The summed E-state index contributed by atoms with van der Waals surface area (Å²) in [7, 11) is 7.01. The van der Waals surface area contributed by atoms with Crippen LogP contribution in [0, 0.1) is 6.92 Å². The van der Waals surface area contributed by atoms with E-state index < -0.39 is 6.04 Å². The molecule has 0 spiro atoms. The zero-order valence-electron chi connectivity index (χ0n) is 43.7. The number of carbonyl (C=O) groups excluding carboxylic acids is 2. The maximum atomic E-state index is 14.3. The number of nitrogens with zero attached hydrogens (tertiary/aromatic N) is 12. The summed E-state index contributed by atoms with van der Waals surface area (Å²) in [6.45, 7) is 7.15. The second-order valence-electron chi connectivity index (χ2n) is 19.2. The fraction of sp³-hybridized carbons (Fsp3) is 0.207. The molecule has 0 bridgehead atoms. The molecule has 7 heterocycles. The Bertz CT molecular complexity index is 3970. The van der Waals surface area contributed by atoms with E-state index in [2.05, 4.69) is 40.8 Å². The van der Waals surface area contributed by atoms with Crippen LogP contribution in [0.25, 0.3) is 55.2 Å².